The van der Waals surface area contributed by atoms with Gasteiger partial charge in [0.15, 0.2) is 0 Å². The average molecular weight is 265 g/mol. The van der Waals surface area contributed by atoms with Crippen molar-refractivity contribution < 1.29 is 9.59 Å². The highest BCUT2D eigenvalue weighted by Crippen LogP contribution is 2.24. The van der Waals surface area contributed by atoms with Gasteiger partial charge < -0.3 is 14.8 Å². The van der Waals surface area contributed by atoms with Gasteiger partial charge in [0.05, 0.1) is 6.54 Å². The van der Waals surface area contributed by atoms with E-state index in [-0.39, 0.29) is 24.3 Å². The van der Waals surface area contributed by atoms with Gasteiger partial charge in [-0.1, -0.05) is 0 Å². The van der Waals surface area contributed by atoms with E-state index in [1.54, 1.807) is 11.2 Å². The number of amides is 2. The largest absolute Gasteiger partial charge is 0.347 e. The summed E-state index contributed by atoms with van der Waals surface area (Å²) in [5.41, 5.74) is 0. The number of carbonyl (C=O) groups is 2. The summed E-state index contributed by atoms with van der Waals surface area (Å²) in [7, 11) is 1.91. The Kier molecular flexibility index (Phi) is 4.13. The fourth-order valence-electron chi connectivity index (χ4n) is 2.39. The molecule has 2 amide bonds. The first-order valence-electron chi connectivity index (χ1n) is 6.44. The second kappa shape index (κ2) is 5.81. The molecule has 7 nitrogen and oxygen atoms in total. The second-order valence-corrected chi connectivity index (χ2v) is 4.89. The minimum Gasteiger partial charge on any atom is -0.347 e. The summed E-state index contributed by atoms with van der Waals surface area (Å²) >= 11 is 0. The zero-order valence-electron chi connectivity index (χ0n) is 11.3. The number of hydrogen-bond acceptors (Lipinski definition) is 4. The number of carbonyl (C=O) groups excluding carboxylic acids is 2. The highest BCUT2D eigenvalue weighted by Gasteiger charge is 2.27. The first kappa shape index (κ1) is 13.5. The normalized spacial score (nSPS) is 19.3. The predicted molar refractivity (Wildman–Crippen MR) is 68.2 cm³/mol. The van der Waals surface area contributed by atoms with E-state index in [2.05, 4.69) is 15.5 Å². The molecule has 0 spiro atoms. The first-order chi connectivity index (χ1) is 9.08. The smallest absolute Gasteiger partial charge is 0.241 e. The van der Waals surface area contributed by atoms with E-state index in [9.17, 15) is 9.59 Å². The van der Waals surface area contributed by atoms with Crippen molar-refractivity contribution in [2.75, 3.05) is 19.6 Å². The van der Waals surface area contributed by atoms with Crippen LogP contribution in [0.2, 0.25) is 0 Å². The van der Waals surface area contributed by atoms with Crippen LogP contribution in [-0.2, 0) is 16.6 Å². The lowest BCUT2D eigenvalue weighted by Gasteiger charge is -2.32. The van der Waals surface area contributed by atoms with Crippen molar-refractivity contribution in [2.24, 2.45) is 7.05 Å². The van der Waals surface area contributed by atoms with Crippen LogP contribution in [0.25, 0.3) is 0 Å². The van der Waals surface area contributed by atoms with Gasteiger partial charge in [0, 0.05) is 33.0 Å². The van der Waals surface area contributed by atoms with Crippen LogP contribution in [0.3, 0.4) is 0 Å². The van der Waals surface area contributed by atoms with Crippen LogP contribution in [0.4, 0.5) is 0 Å². The van der Waals surface area contributed by atoms with E-state index >= 15 is 0 Å². The van der Waals surface area contributed by atoms with Gasteiger partial charge in [-0.3, -0.25) is 9.59 Å². The molecule has 0 saturated carbocycles. The van der Waals surface area contributed by atoms with Gasteiger partial charge in [-0.25, -0.2) is 0 Å². The summed E-state index contributed by atoms with van der Waals surface area (Å²) in [5, 5.41) is 10.5. The third-order valence-corrected chi connectivity index (χ3v) is 3.37. The van der Waals surface area contributed by atoms with E-state index in [0.717, 1.165) is 25.2 Å². The van der Waals surface area contributed by atoms with Crippen LogP contribution in [0.5, 0.6) is 0 Å². The predicted octanol–water partition coefficient (Wildman–Crippen LogP) is -0.343. The highest BCUT2D eigenvalue weighted by molar-refractivity contribution is 5.83. The van der Waals surface area contributed by atoms with Crippen LogP contribution < -0.4 is 5.32 Å². The number of piperidine rings is 1. The molecule has 0 aliphatic carbocycles. The Labute approximate surface area is 112 Å². The molecule has 2 heterocycles. The molecule has 1 saturated heterocycles. The minimum absolute atomic E-state index is 0.0398. The molecule has 7 heteroatoms. The van der Waals surface area contributed by atoms with Crippen molar-refractivity contribution in [3.63, 3.8) is 0 Å². The Morgan fingerprint density at radius 3 is 2.95 bits per heavy atom. The lowest BCUT2D eigenvalue weighted by Crippen LogP contribution is -2.44. The number of rotatable bonds is 3. The highest BCUT2D eigenvalue weighted by atomic mass is 16.2. The minimum atomic E-state index is -0.185. The zero-order chi connectivity index (χ0) is 13.8. The number of likely N-dealkylation sites (tertiary alicyclic amines) is 1. The number of aromatic nitrogens is 3. The summed E-state index contributed by atoms with van der Waals surface area (Å²) in [4.78, 5) is 24.6. The van der Waals surface area contributed by atoms with Gasteiger partial charge in [-0.15, -0.1) is 10.2 Å². The molecule has 1 fully saturated rings. The maximum Gasteiger partial charge on any atom is 0.241 e. The Bertz CT molecular complexity index is 470. The molecule has 1 aliphatic rings. The molecule has 1 aromatic rings. The maximum absolute atomic E-state index is 12.0. The fourth-order valence-corrected chi connectivity index (χ4v) is 2.39. The van der Waals surface area contributed by atoms with Crippen LogP contribution in [0.1, 0.15) is 31.5 Å². The van der Waals surface area contributed by atoms with Crippen molar-refractivity contribution in [3.05, 3.63) is 12.2 Å². The standard InChI is InChI=1S/C12H19N5O2/c1-9(18)13-6-11(19)17-5-3-4-10(7-17)12-15-14-8-16(12)2/h8,10H,3-7H2,1-2H3,(H,13,18)/t10-/m1/s1. The van der Waals surface area contributed by atoms with Crippen LogP contribution in [0, 0.1) is 0 Å². The summed E-state index contributed by atoms with van der Waals surface area (Å²) in [6.07, 6.45) is 3.63. The quantitative estimate of drug-likeness (QED) is 0.810. The van der Waals surface area contributed by atoms with Gasteiger partial charge in [0.1, 0.15) is 12.2 Å². The lowest BCUT2D eigenvalue weighted by molar-refractivity contribution is -0.133. The van der Waals surface area contributed by atoms with E-state index in [4.69, 9.17) is 0 Å². The molecule has 0 bridgehead atoms. The first-order valence-corrected chi connectivity index (χ1v) is 6.44. The van der Waals surface area contributed by atoms with E-state index in [1.165, 1.54) is 6.92 Å². The molecule has 104 valence electrons. The van der Waals surface area contributed by atoms with Gasteiger partial charge in [-0.2, -0.15) is 0 Å². The van der Waals surface area contributed by atoms with Gasteiger partial charge >= 0.3 is 0 Å². The SMILES string of the molecule is CC(=O)NCC(=O)N1CCC[C@@H](c2nncn2C)C1. The molecule has 1 atom stereocenters. The van der Waals surface area contributed by atoms with E-state index in [1.807, 2.05) is 11.6 Å². The van der Waals surface area contributed by atoms with E-state index < -0.39 is 0 Å². The van der Waals surface area contributed by atoms with Crippen molar-refractivity contribution >= 4 is 11.8 Å². The third-order valence-electron chi connectivity index (χ3n) is 3.37. The lowest BCUT2D eigenvalue weighted by atomic mass is 9.97. The molecular weight excluding hydrogens is 246 g/mol. The van der Waals surface area contributed by atoms with Gasteiger partial charge in [0.2, 0.25) is 11.8 Å². The average Bonchev–Trinajstić information content (AvgIpc) is 2.82. The molecular formula is C12H19N5O2. The monoisotopic (exact) mass is 265 g/mol. The van der Waals surface area contributed by atoms with Gasteiger partial charge in [-0.05, 0) is 12.8 Å². The molecule has 19 heavy (non-hydrogen) atoms. The summed E-state index contributed by atoms with van der Waals surface area (Å²) in [5.74, 6) is 0.914. The Balaban J connectivity index is 1.95. The number of nitrogens with zero attached hydrogens (tertiary/aromatic N) is 4. The summed E-state index contributed by atoms with van der Waals surface area (Å²) in [6, 6.07) is 0. The maximum atomic E-state index is 12.0. The molecule has 0 aromatic carbocycles. The second-order valence-electron chi connectivity index (χ2n) is 4.89. The Hall–Kier alpha value is -1.92. The summed E-state index contributed by atoms with van der Waals surface area (Å²) in [6.45, 7) is 2.87. The van der Waals surface area contributed by atoms with Crippen LogP contribution in [-0.4, -0.2) is 51.1 Å². The Morgan fingerprint density at radius 1 is 1.53 bits per heavy atom. The topological polar surface area (TPSA) is 80.1 Å². The molecule has 1 aromatic heterocycles. The molecule has 0 radical (unpaired) electrons. The van der Waals surface area contributed by atoms with Crippen molar-refractivity contribution in [3.8, 4) is 0 Å². The van der Waals surface area contributed by atoms with Gasteiger partial charge in [0.25, 0.3) is 0 Å². The Morgan fingerprint density at radius 2 is 2.32 bits per heavy atom. The van der Waals surface area contributed by atoms with E-state index in [0.29, 0.717) is 6.54 Å². The number of aryl methyl sites for hydroxylation is 1. The van der Waals surface area contributed by atoms with Crippen molar-refractivity contribution in [2.45, 2.75) is 25.7 Å². The van der Waals surface area contributed by atoms with Crippen LogP contribution in [0.15, 0.2) is 6.33 Å². The van der Waals surface area contributed by atoms with Crippen LogP contribution >= 0.6 is 0 Å². The molecule has 2 rings (SSSR count). The molecule has 0 unspecified atom stereocenters. The molecule has 1 N–H and O–H groups in total. The number of nitrogens with one attached hydrogen (secondary N) is 1. The van der Waals surface area contributed by atoms with Crippen molar-refractivity contribution in [1.29, 1.82) is 0 Å². The molecule has 1 aliphatic heterocycles. The summed E-state index contributed by atoms with van der Waals surface area (Å²) < 4.78 is 1.90. The third kappa shape index (κ3) is 3.30. The fraction of sp³-hybridized carbons (Fsp3) is 0.667. The zero-order valence-corrected chi connectivity index (χ0v) is 11.3. The van der Waals surface area contributed by atoms with Crippen molar-refractivity contribution in [1.82, 2.24) is 25.0 Å². The number of hydrogen-bond donors (Lipinski definition) is 1.